The minimum absolute atomic E-state index is 0.0834. The molecule has 0 aliphatic carbocycles. The van der Waals surface area contributed by atoms with Crippen molar-refractivity contribution < 1.29 is 18.7 Å². The first-order valence-corrected chi connectivity index (χ1v) is 9.91. The van der Waals surface area contributed by atoms with E-state index in [1.54, 1.807) is 20.8 Å². The summed E-state index contributed by atoms with van der Waals surface area (Å²) in [6, 6.07) is 0. The van der Waals surface area contributed by atoms with Crippen molar-refractivity contribution >= 4 is 17.8 Å². The molecule has 1 heterocycles. The lowest BCUT2D eigenvalue weighted by Gasteiger charge is -2.24. The van der Waals surface area contributed by atoms with Crippen molar-refractivity contribution in [1.82, 2.24) is 20.2 Å². The summed E-state index contributed by atoms with van der Waals surface area (Å²) >= 11 is 0. The van der Waals surface area contributed by atoms with Crippen molar-refractivity contribution in [1.29, 1.82) is 0 Å². The molecule has 31 heavy (non-hydrogen) atoms. The minimum atomic E-state index is -0.798. The summed E-state index contributed by atoms with van der Waals surface area (Å²) < 4.78 is 18.4. The molecule has 0 aliphatic heterocycles. The van der Waals surface area contributed by atoms with E-state index in [0.717, 1.165) is 6.42 Å². The van der Waals surface area contributed by atoms with Crippen molar-refractivity contribution in [2.24, 2.45) is 0 Å². The Morgan fingerprint density at radius 3 is 2.58 bits per heavy atom. The molecule has 0 spiro atoms. The number of anilines is 1. The maximum Gasteiger partial charge on any atom is 0.410 e. The average Bonchev–Trinajstić information content (AvgIpc) is 2.70. The zero-order chi connectivity index (χ0) is 23.9. The molecule has 2 amide bonds. The Morgan fingerprint density at radius 2 is 1.97 bits per heavy atom. The van der Waals surface area contributed by atoms with Gasteiger partial charge in [0.1, 0.15) is 18.0 Å². The molecule has 1 aromatic heterocycles. The Morgan fingerprint density at radius 1 is 1.29 bits per heavy atom. The highest BCUT2D eigenvalue weighted by molar-refractivity contribution is 5.82. The molecule has 1 rings (SSSR count). The molecule has 0 aliphatic rings. The van der Waals surface area contributed by atoms with Crippen LogP contribution in [0.4, 0.5) is 15.0 Å². The Labute approximate surface area is 184 Å². The number of aromatic nitrogens is 2. The second-order valence-electron chi connectivity index (χ2n) is 7.42. The van der Waals surface area contributed by atoms with Crippen molar-refractivity contribution in [2.45, 2.75) is 52.6 Å². The van der Waals surface area contributed by atoms with Crippen LogP contribution in [0.1, 0.15) is 52.5 Å². The van der Waals surface area contributed by atoms with Gasteiger partial charge in [0.05, 0.1) is 11.8 Å². The summed E-state index contributed by atoms with van der Waals surface area (Å²) in [5.41, 5.74) is -0.0787. The fourth-order valence-electron chi connectivity index (χ4n) is 2.07. The zero-order valence-corrected chi connectivity index (χ0v) is 18.9. The second-order valence-corrected chi connectivity index (χ2v) is 7.42. The maximum absolute atomic E-state index is 13.2. The molecular formula is C22H32FN5O3. The minimum Gasteiger partial charge on any atom is -0.444 e. The van der Waals surface area contributed by atoms with Crippen molar-refractivity contribution in [3.05, 3.63) is 17.8 Å². The molecule has 9 heteroatoms. The fraction of sp³-hybridized carbons (Fsp3) is 0.545. The van der Waals surface area contributed by atoms with E-state index in [2.05, 4.69) is 45.3 Å². The molecule has 0 saturated carbocycles. The first-order chi connectivity index (χ1) is 14.6. The largest absolute Gasteiger partial charge is 0.444 e. The van der Waals surface area contributed by atoms with E-state index in [4.69, 9.17) is 4.74 Å². The van der Waals surface area contributed by atoms with Gasteiger partial charge in [-0.25, -0.2) is 9.78 Å². The number of halogens is 1. The van der Waals surface area contributed by atoms with Crippen LogP contribution in [0.25, 0.3) is 0 Å². The molecule has 0 atom stereocenters. The number of nitrogens with zero attached hydrogens (tertiary/aromatic N) is 3. The topological polar surface area (TPSA) is 96.5 Å². The molecule has 2 N–H and O–H groups in total. The quantitative estimate of drug-likeness (QED) is 0.372. The Kier molecular flexibility index (Phi) is 13.1. The van der Waals surface area contributed by atoms with Gasteiger partial charge in [0.25, 0.3) is 0 Å². The molecule has 0 fully saturated rings. The number of nitrogens with one attached hydrogen (secondary N) is 2. The highest BCUT2D eigenvalue weighted by Gasteiger charge is 2.20. The highest BCUT2D eigenvalue weighted by Crippen LogP contribution is 2.10. The number of carbonyl (C=O) groups is 2. The normalized spacial score (nSPS) is 9.94. The SMILES string of the molecule is C#C.CCCNc1nc(F)ncc1C#CCCCNC(=O)CN(C)C(=O)OC(C)(C)C. The number of likely N-dealkylation sites (N-methyl/N-ethyl adjacent to an activating group) is 1. The molecule has 0 radical (unpaired) electrons. The lowest BCUT2D eigenvalue weighted by atomic mass is 10.2. The van der Waals surface area contributed by atoms with Gasteiger partial charge in [-0.05, 0) is 33.6 Å². The Bertz CT molecular complexity index is 794. The van der Waals surface area contributed by atoms with Gasteiger partial charge in [-0.3, -0.25) is 4.79 Å². The van der Waals surface area contributed by atoms with Gasteiger partial charge < -0.3 is 20.3 Å². The van der Waals surface area contributed by atoms with Crippen LogP contribution in [0, 0.1) is 30.8 Å². The summed E-state index contributed by atoms with van der Waals surface area (Å²) in [6.07, 6.45) is 10.0. The van der Waals surface area contributed by atoms with Gasteiger partial charge in [-0.1, -0.05) is 18.8 Å². The van der Waals surface area contributed by atoms with Crippen LogP contribution in [0.2, 0.25) is 0 Å². The van der Waals surface area contributed by atoms with E-state index in [0.29, 0.717) is 37.3 Å². The van der Waals surface area contributed by atoms with Gasteiger partial charge in [-0.15, -0.1) is 12.8 Å². The smallest absolute Gasteiger partial charge is 0.410 e. The second kappa shape index (κ2) is 14.6. The van der Waals surface area contributed by atoms with Crippen molar-refractivity contribution in [3.8, 4) is 24.7 Å². The predicted octanol–water partition coefficient (Wildman–Crippen LogP) is 2.80. The van der Waals surface area contributed by atoms with Crippen molar-refractivity contribution in [3.63, 3.8) is 0 Å². The number of hydrogen-bond acceptors (Lipinski definition) is 6. The summed E-state index contributed by atoms with van der Waals surface area (Å²) in [5.74, 6) is 5.99. The number of hydrogen-bond donors (Lipinski definition) is 2. The number of unbranched alkanes of at least 4 members (excludes halogenated alkanes) is 1. The summed E-state index contributed by atoms with van der Waals surface area (Å²) in [6.45, 7) is 8.29. The number of rotatable bonds is 8. The highest BCUT2D eigenvalue weighted by atomic mass is 19.1. The summed E-state index contributed by atoms with van der Waals surface area (Å²) in [5, 5.41) is 5.75. The molecule has 1 aromatic rings. The van der Waals surface area contributed by atoms with Gasteiger partial charge in [0.15, 0.2) is 0 Å². The van der Waals surface area contributed by atoms with E-state index in [9.17, 15) is 14.0 Å². The maximum atomic E-state index is 13.2. The van der Waals surface area contributed by atoms with Crippen LogP contribution in [0.3, 0.4) is 0 Å². The molecule has 170 valence electrons. The first-order valence-electron chi connectivity index (χ1n) is 9.91. The van der Waals surface area contributed by atoms with Crippen LogP contribution in [0.15, 0.2) is 6.20 Å². The average molecular weight is 434 g/mol. The number of amides is 2. The van der Waals surface area contributed by atoms with E-state index in [-0.39, 0.29) is 12.5 Å². The first kappa shape index (κ1) is 27.7. The third-order valence-corrected chi connectivity index (χ3v) is 3.41. The molecule has 0 bridgehead atoms. The predicted molar refractivity (Wildman–Crippen MR) is 119 cm³/mol. The van der Waals surface area contributed by atoms with Crippen LogP contribution in [-0.4, -0.2) is 59.2 Å². The van der Waals surface area contributed by atoms with Crippen LogP contribution in [0.5, 0.6) is 0 Å². The Balaban J connectivity index is 0.00000436. The third kappa shape index (κ3) is 12.8. The van der Waals surface area contributed by atoms with E-state index < -0.39 is 17.8 Å². The molecule has 8 nitrogen and oxygen atoms in total. The summed E-state index contributed by atoms with van der Waals surface area (Å²) in [4.78, 5) is 32.2. The van der Waals surface area contributed by atoms with Gasteiger partial charge >= 0.3 is 12.2 Å². The lowest BCUT2D eigenvalue weighted by Crippen LogP contribution is -2.41. The van der Waals surface area contributed by atoms with E-state index >= 15 is 0 Å². The Hall–Kier alpha value is -3.33. The van der Waals surface area contributed by atoms with Crippen LogP contribution < -0.4 is 10.6 Å². The third-order valence-electron chi connectivity index (χ3n) is 3.41. The lowest BCUT2D eigenvalue weighted by molar-refractivity contribution is -0.122. The van der Waals surface area contributed by atoms with Crippen LogP contribution in [-0.2, 0) is 9.53 Å². The molecular weight excluding hydrogens is 401 g/mol. The van der Waals surface area contributed by atoms with Crippen LogP contribution >= 0.6 is 0 Å². The van der Waals surface area contributed by atoms with Gasteiger partial charge in [-0.2, -0.15) is 9.37 Å². The standard InChI is InChI=1S/C20H30FN5O3.C2H2/c1-6-11-23-17-15(13-24-18(21)25-17)10-8-7-9-12-22-16(27)14-26(5)19(28)29-20(2,3)4;1-2/h13H,6-7,9,11-12,14H2,1-5H3,(H,22,27)(H,23,24,25);1-2H. The van der Waals surface area contributed by atoms with Gasteiger partial charge in [0.2, 0.25) is 5.91 Å². The fourth-order valence-corrected chi connectivity index (χ4v) is 2.07. The van der Waals surface area contributed by atoms with E-state index in [1.807, 2.05) is 6.92 Å². The summed E-state index contributed by atoms with van der Waals surface area (Å²) in [7, 11) is 1.51. The number of terminal acetylenes is 1. The molecule has 0 saturated heterocycles. The van der Waals surface area contributed by atoms with E-state index in [1.165, 1.54) is 18.1 Å². The zero-order valence-electron chi connectivity index (χ0n) is 18.9. The number of ether oxygens (including phenoxy) is 1. The molecule has 0 unspecified atom stereocenters. The molecule has 0 aromatic carbocycles. The monoisotopic (exact) mass is 433 g/mol. The van der Waals surface area contributed by atoms with Crippen molar-refractivity contribution in [2.75, 3.05) is 32.0 Å². The number of carbonyl (C=O) groups excluding carboxylic acids is 2. The van der Waals surface area contributed by atoms with Gasteiger partial charge in [0, 0.05) is 26.6 Å².